The van der Waals surface area contributed by atoms with E-state index in [1.165, 1.54) is 4.90 Å². The Morgan fingerprint density at radius 3 is 2.88 bits per heavy atom. The number of nitrogens with zero attached hydrogens (tertiary/aromatic N) is 2. The summed E-state index contributed by atoms with van der Waals surface area (Å²) in [6, 6.07) is 4.90. The van der Waals surface area contributed by atoms with Crippen LogP contribution in [0.4, 0.5) is 4.79 Å². The van der Waals surface area contributed by atoms with E-state index < -0.39 is 6.09 Å². The molecule has 2 atom stereocenters. The third-order valence-corrected chi connectivity index (χ3v) is 5.04. The average molecular weight is 404 g/mol. The summed E-state index contributed by atoms with van der Waals surface area (Å²) in [7, 11) is 1.84. The van der Waals surface area contributed by atoms with Gasteiger partial charge in [0.05, 0.1) is 17.7 Å². The largest absolute Gasteiger partial charge is 0.491 e. The molecule has 0 saturated carbocycles. The van der Waals surface area contributed by atoms with E-state index in [1.54, 1.807) is 18.2 Å². The highest BCUT2D eigenvalue weighted by atomic mass is 35.5. The summed E-state index contributed by atoms with van der Waals surface area (Å²) in [5, 5.41) is 13.5. The molecule has 0 radical (unpaired) electrons. The molecule has 0 aromatic heterocycles. The van der Waals surface area contributed by atoms with Crippen molar-refractivity contribution in [2.75, 3.05) is 33.3 Å². The first-order valence-electron chi connectivity index (χ1n) is 8.38. The van der Waals surface area contributed by atoms with Gasteiger partial charge < -0.3 is 20.0 Å². The summed E-state index contributed by atoms with van der Waals surface area (Å²) in [6.45, 7) is 1.71. The van der Waals surface area contributed by atoms with Gasteiger partial charge in [-0.05, 0) is 38.1 Å². The van der Waals surface area contributed by atoms with Crippen LogP contribution in [0.15, 0.2) is 18.2 Å². The summed E-state index contributed by atoms with van der Waals surface area (Å²) in [5.41, 5.74) is 0. The maximum absolute atomic E-state index is 11.3. The van der Waals surface area contributed by atoms with Crippen molar-refractivity contribution in [3.63, 3.8) is 0 Å². The predicted octanol–water partition coefficient (Wildman–Crippen LogP) is 2.56. The number of nitrogens with one attached hydrogen (secondary N) is 1. The van der Waals surface area contributed by atoms with E-state index in [4.69, 9.17) is 27.9 Å². The highest BCUT2D eigenvalue weighted by Crippen LogP contribution is 2.27. The number of likely N-dealkylation sites (tertiary alicyclic amines) is 1. The van der Waals surface area contributed by atoms with Crippen molar-refractivity contribution >= 4 is 35.6 Å². The van der Waals surface area contributed by atoms with Crippen LogP contribution < -0.4 is 10.1 Å². The van der Waals surface area contributed by atoms with Crippen LogP contribution in [0.2, 0.25) is 10.0 Å². The molecule has 1 aliphatic heterocycles. The fraction of sp³-hybridized carbons (Fsp3) is 0.529. The molecule has 1 heterocycles. The minimum Gasteiger partial charge on any atom is -0.491 e. The molecule has 1 saturated heterocycles. The van der Waals surface area contributed by atoms with Gasteiger partial charge in [0, 0.05) is 24.2 Å². The molecular weight excluding hydrogens is 381 g/mol. The number of ether oxygens (including phenoxy) is 1. The van der Waals surface area contributed by atoms with Crippen molar-refractivity contribution in [1.82, 2.24) is 15.1 Å². The third-order valence-electron chi connectivity index (χ3n) is 4.51. The van der Waals surface area contributed by atoms with Crippen LogP contribution in [0.3, 0.4) is 0 Å². The minimum atomic E-state index is -1.06. The van der Waals surface area contributed by atoms with Crippen LogP contribution in [0, 0.1) is 0 Å². The normalized spacial score (nSPS) is 20.6. The van der Waals surface area contributed by atoms with Crippen LogP contribution in [0.1, 0.15) is 12.8 Å². The van der Waals surface area contributed by atoms with Crippen molar-refractivity contribution in [2.45, 2.75) is 25.0 Å². The Labute approximate surface area is 162 Å². The highest BCUT2D eigenvalue weighted by Gasteiger charge is 2.32. The number of hydrogen-bond acceptors (Lipinski definition) is 5. The minimum absolute atomic E-state index is 0.00606. The summed E-state index contributed by atoms with van der Waals surface area (Å²) in [5.74, 6) is 0.579. The Hall–Kier alpha value is -1.54. The lowest BCUT2D eigenvalue weighted by atomic mass is 10.0. The molecule has 1 aromatic carbocycles. The number of carbonyl (C=O) groups is 2. The number of halogens is 2. The number of piperidine rings is 1. The highest BCUT2D eigenvalue weighted by molar-refractivity contribution is 6.35. The number of hydrogen-bond donors (Lipinski definition) is 2. The molecule has 1 amide bonds. The van der Waals surface area contributed by atoms with E-state index >= 15 is 0 Å². The first-order chi connectivity index (χ1) is 12.5. The van der Waals surface area contributed by atoms with Crippen molar-refractivity contribution in [3.05, 3.63) is 28.2 Å². The maximum atomic E-state index is 11.3. The number of amides is 1. The number of rotatable bonds is 8. The smallest absolute Gasteiger partial charge is 0.407 e. The van der Waals surface area contributed by atoms with Gasteiger partial charge in [-0.2, -0.15) is 0 Å². The van der Waals surface area contributed by atoms with Gasteiger partial charge in [0.15, 0.2) is 0 Å². The van der Waals surface area contributed by atoms with Gasteiger partial charge in [0.1, 0.15) is 18.6 Å². The molecule has 0 aliphatic carbocycles. The molecule has 9 heteroatoms. The Balaban J connectivity index is 1.89. The van der Waals surface area contributed by atoms with Gasteiger partial charge in [-0.1, -0.05) is 23.2 Å². The Morgan fingerprint density at radius 2 is 2.27 bits per heavy atom. The number of carbonyl (C=O) groups excluding carboxylic acids is 1. The lowest BCUT2D eigenvalue weighted by Crippen LogP contribution is -2.56. The zero-order chi connectivity index (χ0) is 19.1. The molecule has 0 spiro atoms. The van der Waals surface area contributed by atoms with Crippen molar-refractivity contribution in [2.24, 2.45) is 0 Å². The Bertz CT molecular complexity index is 632. The zero-order valence-corrected chi connectivity index (χ0v) is 16.0. The first kappa shape index (κ1) is 20.8. The second kappa shape index (κ2) is 9.97. The molecule has 0 bridgehead atoms. The second-order valence-corrected chi connectivity index (χ2v) is 6.89. The summed E-state index contributed by atoms with van der Waals surface area (Å²) >= 11 is 12.0. The number of aldehydes is 1. The molecule has 2 N–H and O–H groups in total. The predicted molar refractivity (Wildman–Crippen MR) is 100 cm³/mol. The Kier molecular flexibility index (Phi) is 7.96. The third kappa shape index (κ3) is 5.48. The van der Waals surface area contributed by atoms with E-state index in [2.05, 4.69) is 10.2 Å². The van der Waals surface area contributed by atoms with Crippen LogP contribution in [0.25, 0.3) is 0 Å². The molecule has 7 nitrogen and oxygen atoms in total. The van der Waals surface area contributed by atoms with E-state index in [9.17, 15) is 14.7 Å². The molecule has 2 rings (SSSR count). The topological polar surface area (TPSA) is 82.1 Å². The fourth-order valence-corrected chi connectivity index (χ4v) is 3.64. The molecule has 2 unspecified atom stereocenters. The van der Waals surface area contributed by atoms with Crippen LogP contribution in [0.5, 0.6) is 5.75 Å². The summed E-state index contributed by atoms with van der Waals surface area (Å²) in [4.78, 5) is 25.5. The van der Waals surface area contributed by atoms with Gasteiger partial charge in [-0.25, -0.2) is 4.79 Å². The molecule has 1 aliphatic rings. The van der Waals surface area contributed by atoms with Crippen LogP contribution >= 0.6 is 23.2 Å². The first-order valence-corrected chi connectivity index (χ1v) is 9.14. The van der Waals surface area contributed by atoms with E-state index in [0.29, 0.717) is 54.6 Å². The summed E-state index contributed by atoms with van der Waals surface area (Å²) < 4.78 is 5.73. The van der Waals surface area contributed by atoms with Gasteiger partial charge in [-0.15, -0.1) is 0 Å². The molecule has 1 fully saturated rings. The lowest BCUT2D eigenvalue weighted by molar-refractivity contribution is -0.109. The molecule has 144 valence electrons. The van der Waals surface area contributed by atoms with Crippen molar-refractivity contribution < 1.29 is 19.4 Å². The standard InChI is InChI=1S/C17H23Cl2N3O4/c1-20-16-11-13(22(6-8-23)17(24)25)4-5-21(16)7-9-26-15-3-2-12(18)10-14(15)19/h2-3,8,10,13,16,20H,4-7,9,11H2,1H3,(H,24,25). The zero-order valence-electron chi connectivity index (χ0n) is 14.5. The van der Waals surface area contributed by atoms with Crippen molar-refractivity contribution in [1.29, 1.82) is 0 Å². The molecule has 1 aromatic rings. The lowest BCUT2D eigenvalue weighted by Gasteiger charge is -2.42. The fourth-order valence-electron chi connectivity index (χ4n) is 3.18. The van der Waals surface area contributed by atoms with Crippen molar-refractivity contribution in [3.8, 4) is 5.75 Å². The monoisotopic (exact) mass is 403 g/mol. The van der Waals surface area contributed by atoms with Crippen LogP contribution in [-0.2, 0) is 4.79 Å². The van der Waals surface area contributed by atoms with Gasteiger partial charge in [-0.3, -0.25) is 9.80 Å². The molecular formula is C17H23Cl2N3O4. The quantitative estimate of drug-likeness (QED) is 0.649. The van der Waals surface area contributed by atoms with E-state index in [-0.39, 0.29) is 18.8 Å². The van der Waals surface area contributed by atoms with Gasteiger partial charge in [0.2, 0.25) is 0 Å². The second-order valence-electron chi connectivity index (χ2n) is 6.04. The van der Waals surface area contributed by atoms with E-state index in [0.717, 1.165) is 0 Å². The molecule has 26 heavy (non-hydrogen) atoms. The maximum Gasteiger partial charge on any atom is 0.407 e. The summed E-state index contributed by atoms with van der Waals surface area (Å²) in [6.07, 6.45) is 0.842. The Morgan fingerprint density at radius 1 is 1.50 bits per heavy atom. The SMILES string of the molecule is CNC1CC(N(CC=O)C(=O)O)CCN1CCOc1ccc(Cl)cc1Cl. The van der Waals surface area contributed by atoms with E-state index in [1.807, 2.05) is 7.05 Å². The number of benzene rings is 1. The van der Waals surface area contributed by atoms with Gasteiger partial charge in [0.25, 0.3) is 0 Å². The van der Waals surface area contributed by atoms with Gasteiger partial charge >= 0.3 is 6.09 Å². The van der Waals surface area contributed by atoms with Crippen LogP contribution in [-0.4, -0.2) is 72.8 Å². The average Bonchev–Trinajstić information content (AvgIpc) is 2.61. The number of carboxylic acid groups (broad SMARTS) is 1.